The van der Waals surface area contributed by atoms with E-state index in [4.69, 9.17) is 21.4 Å². The third kappa shape index (κ3) is 3.77. The summed E-state index contributed by atoms with van der Waals surface area (Å²) in [6.07, 6.45) is 2.78. The molecule has 0 spiro atoms. The Kier molecular flexibility index (Phi) is 5.09. The third-order valence-corrected chi connectivity index (χ3v) is 3.66. The van der Waals surface area contributed by atoms with Crippen LogP contribution in [0.15, 0.2) is 18.2 Å². The predicted octanol–water partition coefficient (Wildman–Crippen LogP) is 2.63. The number of urea groups is 1. The molecule has 0 saturated heterocycles. The highest BCUT2D eigenvalue weighted by Gasteiger charge is 2.31. The number of amides is 2. The van der Waals surface area contributed by atoms with Crippen LogP contribution >= 0.6 is 11.6 Å². The fraction of sp³-hybridized carbons (Fsp3) is 0.500. The molecular weight excluding hydrogens is 280 g/mol. The standard InChI is InChI=1S/C14H19ClN2O3/c1-20-13-10(15)3-2-4-12(13)17-14(19)16-11(7-8-18)9-5-6-9/h2-4,9,11,18H,5-8H2,1H3,(H2,16,17,19)/t11-/m0/s1. The Morgan fingerprint density at radius 3 is 2.90 bits per heavy atom. The fourth-order valence-electron chi connectivity index (χ4n) is 2.20. The molecule has 3 N–H and O–H groups in total. The van der Waals surface area contributed by atoms with Crippen molar-refractivity contribution in [3.05, 3.63) is 23.2 Å². The lowest BCUT2D eigenvalue weighted by atomic mass is 10.1. The summed E-state index contributed by atoms with van der Waals surface area (Å²) in [4.78, 5) is 12.0. The summed E-state index contributed by atoms with van der Waals surface area (Å²) in [6, 6.07) is 4.87. The molecular formula is C14H19ClN2O3. The van der Waals surface area contributed by atoms with Gasteiger partial charge in [0.05, 0.1) is 17.8 Å². The number of nitrogens with one attached hydrogen (secondary N) is 2. The summed E-state index contributed by atoms with van der Waals surface area (Å²) < 4.78 is 5.17. The molecule has 1 saturated carbocycles. The molecule has 0 aliphatic heterocycles. The number of rotatable bonds is 6. The molecule has 1 atom stereocenters. The minimum absolute atomic E-state index is 0.0187. The molecule has 1 aliphatic rings. The van der Waals surface area contributed by atoms with Crippen molar-refractivity contribution in [2.24, 2.45) is 5.92 Å². The van der Waals surface area contributed by atoms with E-state index < -0.39 is 0 Å². The number of carbonyl (C=O) groups is 1. The van der Waals surface area contributed by atoms with Crippen LogP contribution in [0.25, 0.3) is 0 Å². The van der Waals surface area contributed by atoms with E-state index in [1.165, 1.54) is 7.11 Å². The normalized spacial score (nSPS) is 15.6. The first kappa shape index (κ1) is 14.9. The van der Waals surface area contributed by atoms with Crippen LogP contribution in [-0.2, 0) is 0 Å². The molecule has 1 fully saturated rings. The number of aliphatic hydroxyl groups is 1. The van der Waals surface area contributed by atoms with Crippen molar-refractivity contribution in [2.75, 3.05) is 19.0 Å². The quantitative estimate of drug-likeness (QED) is 0.756. The van der Waals surface area contributed by atoms with Crippen molar-refractivity contribution in [1.29, 1.82) is 0 Å². The second kappa shape index (κ2) is 6.81. The Balaban J connectivity index is 1.98. The second-order valence-corrected chi connectivity index (χ2v) is 5.28. The van der Waals surface area contributed by atoms with Crippen molar-refractivity contribution in [3.8, 4) is 5.75 Å². The zero-order valence-electron chi connectivity index (χ0n) is 11.4. The van der Waals surface area contributed by atoms with Gasteiger partial charge in [-0.25, -0.2) is 4.79 Å². The van der Waals surface area contributed by atoms with Crippen molar-refractivity contribution in [2.45, 2.75) is 25.3 Å². The van der Waals surface area contributed by atoms with Gasteiger partial charge in [-0.05, 0) is 37.3 Å². The van der Waals surface area contributed by atoms with Crippen molar-refractivity contribution in [3.63, 3.8) is 0 Å². The van der Waals surface area contributed by atoms with E-state index in [2.05, 4.69) is 10.6 Å². The maximum atomic E-state index is 12.0. The molecule has 0 radical (unpaired) electrons. The minimum Gasteiger partial charge on any atom is -0.493 e. The van der Waals surface area contributed by atoms with Crippen molar-refractivity contribution in [1.82, 2.24) is 5.32 Å². The summed E-state index contributed by atoms with van der Waals surface area (Å²) >= 11 is 6.00. The molecule has 20 heavy (non-hydrogen) atoms. The van der Waals surface area contributed by atoms with Gasteiger partial charge in [0.25, 0.3) is 0 Å². The van der Waals surface area contributed by atoms with Gasteiger partial charge in [-0.15, -0.1) is 0 Å². The van der Waals surface area contributed by atoms with Gasteiger partial charge in [-0.3, -0.25) is 0 Å². The molecule has 110 valence electrons. The van der Waals surface area contributed by atoms with Gasteiger partial charge >= 0.3 is 6.03 Å². The fourth-order valence-corrected chi connectivity index (χ4v) is 2.46. The summed E-state index contributed by atoms with van der Waals surface area (Å²) in [5, 5.41) is 15.1. The Morgan fingerprint density at radius 1 is 1.55 bits per heavy atom. The predicted molar refractivity (Wildman–Crippen MR) is 78.4 cm³/mol. The van der Waals surface area contributed by atoms with Crippen molar-refractivity contribution < 1.29 is 14.6 Å². The number of hydrogen-bond acceptors (Lipinski definition) is 3. The Labute approximate surface area is 123 Å². The Hall–Kier alpha value is -1.46. The van der Waals surface area contributed by atoms with E-state index in [9.17, 15) is 4.79 Å². The van der Waals surface area contributed by atoms with Gasteiger partial charge in [0.15, 0.2) is 5.75 Å². The number of aliphatic hydroxyl groups excluding tert-OH is 1. The summed E-state index contributed by atoms with van der Waals surface area (Å²) in [7, 11) is 1.50. The maximum absolute atomic E-state index is 12.0. The number of carbonyl (C=O) groups excluding carboxylic acids is 1. The average Bonchev–Trinajstić information content (AvgIpc) is 3.23. The highest BCUT2D eigenvalue weighted by molar-refractivity contribution is 6.32. The minimum atomic E-state index is -0.309. The SMILES string of the molecule is COc1c(Cl)cccc1NC(=O)N[C@@H](CCO)C1CC1. The number of methoxy groups -OCH3 is 1. The van der Waals surface area contributed by atoms with Gasteiger partial charge in [0, 0.05) is 12.6 Å². The number of halogens is 1. The van der Waals surface area contributed by atoms with Gasteiger partial charge in [-0.1, -0.05) is 17.7 Å². The van der Waals surface area contributed by atoms with Crippen LogP contribution in [0.2, 0.25) is 5.02 Å². The van der Waals surface area contributed by atoms with E-state index in [-0.39, 0.29) is 18.7 Å². The maximum Gasteiger partial charge on any atom is 0.319 e. The molecule has 1 aromatic carbocycles. The van der Waals surface area contributed by atoms with E-state index in [0.717, 1.165) is 12.8 Å². The lowest BCUT2D eigenvalue weighted by Crippen LogP contribution is -2.39. The Morgan fingerprint density at radius 2 is 2.30 bits per heavy atom. The van der Waals surface area contributed by atoms with Crippen LogP contribution in [0.1, 0.15) is 19.3 Å². The van der Waals surface area contributed by atoms with Crippen LogP contribution in [0.3, 0.4) is 0 Å². The van der Waals surface area contributed by atoms with Gasteiger partial charge in [0.2, 0.25) is 0 Å². The van der Waals surface area contributed by atoms with E-state index in [1.807, 2.05) is 0 Å². The van der Waals surface area contributed by atoms with Crippen LogP contribution in [0.5, 0.6) is 5.75 Å². The zero-order chi connectivity index (χ0) is 14.5. The van der Waals surface area contributed by atoms with Crippen LogP contribution in [0, 0.1) is 5.92 Å². The number of hydrogen-bond donors (Lipinski definition) is 3. The first-order valence-corrected chi connectivity index (χ1v) is 7.04. The first-order chi connectivity index (χ1) is 9.65. The average molecular weight is 299 g/mol. The first-order valence-electron chi connectivity index (χ1n) is 6.66. The smallest absolute Gasteiger partial charge is 0.319 e. The number of benzene rings is 1. The van der Waals surface area contributed by atoms with Crippen molar-refractivity contribution >= 4 is 23.3 Å². The molecule has 5 nitrogen and oxygen atoms in total. The van der Waals surface area contributed by atoms with Gasteiger partial charge in [-0.2, -0.15) is 0 Å². The number of para-hydroxylation sites is 1. The number of anilines is 1. The highest BCUT2D eigenvalue weighted by Crippen LogP contribution is 2.34. The molecule has 0 bridgehead atoms. The van der Waals surface area contributed by atoms with E-state index in [0.29, 0.717) is 28.8 Å². The lowest BCUT2D eigenvalue weighted by molar-refractivity contribution is 0.234. The molecule has 0 heterocycles. The summed E-state index contributed by atoms with van der Waals surface area (Å²) in [5.41, 5.74) is 0.524. The second-order valence-electron chi connectivity index (χ2n) is 4.88. The molecule has 1 aliphatic carbocycles. The summed E-state index contributed by atoms with van der Waals surface area (Å²) in [6.45, 7) is 0.0714. The highest BCUT2D eigenvalue weighted by atomic mass is 35.5. The Bertz CT molecular complexity index is 477. The topological polar surface area (TPSA) is 70.6 Å². The molecule has 2 amide bonds. The molecule has 2 rings (SSSR count). The van der Waals surface area contributed by atoms with Crippen LogP contribution in [-0.4, -0.2) is 30.9 Å². The molecule has 6 heteroatoms. The van der Waals surface area contributed by atoms with Crippen LogP contribution < -0.4 is 15.4 Å². The number of ether oxygens (including phenoxy) is 1. The van der Waals surface area contributed by atoms with Crippen LogP contribution in [0.4, 0.5) is 10.5 Å². The molecule has 1 aromatic rings. The zero-order valence-corrected chi connectivity index (χ0v) is 12.1. The largest absolute Gasteiger partial charge is 0.493 e. The van der Waals surface area contributed by atoms with E-state index in [1.54, 1.807) is 18.2 Å². The third-order valence-electron chi connectivity index (χ3n) is 3.37. The molecule has 0 unspecified atom stereocenters. The van der Waals surface area contributed by atoms with Gasteiger partial charge < -0.3 is 20.5 Å². The van der Waals surface area contributed by atoms with E-state index >= 15 is 0 Å². The lowest BCUT2D eigenvalue weighted by Gasteiger charge is -2.18. The van der Waals surface area contributed by atoms with Gasteiger partial charge in [0.1, 0.15) is 0 Å². The monoisotopic (exact) mass is 298 g/mol. The summed E-state index contributed by atoms with van der Waals surface area (Å²) in [5.74, 6) is 0.920. The molecule has 0 aromatic heterocycles.